The molecular weight excluding hydrogens is 176 g/mol. The molecule has 0 heterocycles. The second kappa shape index (κ2) is 6.05. The van der Waals surface area contributed by atoms with Crippen LogP contribution in [0.2, 0.25) is 0 Å². The molecule has 0 spiro atoms. The monoisotopic (exact) mass is 198 g/mol. The molecule has 0 aromatic rings. The standard InChI is InChI=1S/C12H22O2/c1-2-3-4-10-5-6-11(9-10)7-8-12(13)14/h10-11H,2-9H2,1H3,(H,13,14). The number of carboxylic acid groups (broad SMARTS) is 1. The second-order valence-electron chi connectivity index (χ2n) is 4.62. The first-order chi connectivity index (χ1) is 6.72. The lowest BCUT2D eigenvalue weighted by Gasteiger charge is -2.09. The van der Waals surface area contributed by atoms with Gasteiger partial charge in [-0.05, 0) is 24.7 Å². The van der Waals surface area contributed by atoms with Gasteiger partial charge in [0.15, 0.2) is 0 Å². The first kappa shape index (κ1) is 11.5. The molecule has 0 radical (unpaired) electrons. The Morgan fingerprint density at radius 2 is 1.93 bits per heavy atom. The third kappa shape index (κ3) is 4.12. The van der Waals surface area contributed by atoms with Crippen molar-refractivity contribution in [3.63, 3.8) is 0 Å². The van der Waals surface area contributed by atoms with E-state index in [-0.39, 0.29) is 0 Å². The molecule has 1 N–H and O–H groups in total. The van der Waals surface area contributed by atoms with Crippen LogP contribution in [-0.2, 0) is 4.79 Å². The smallest absolute Gasteiger partial charge is 0.303 e. The highest BCUT2D eigenvalue weighted by Crippen LogP contribution is 2.36. The Hall–Kier alpha value is -0.530. The lowest BCUT2D eigenvalue weighted by molar-refractivity contribution is -0.137. The third-order valence-electron chi connectivity index (χ3n) is 3.38. The van der Waals surface area contributed by atoms with Gasteiger partial charge >= 0.3 is 5.97 Å². The molecule has 82 valence electrons. The quantitative estimate of drug-likeness (QED) is 0.709. The summed E-state index contributed by atoms with van der Waals surface area (Å²) in [6.07, 6.45) is 9.15. The van der Waals surface area contributed by atoms with E-state index in [0.717, 1.165) is 12.3 Å². The van der Waals surface area contributed by atoms with E-state index in [9.17, 15) is 4.79 Å². The van der Waals surface area contributed by atoms with Crippen molar-refractivity contribution in [2.75, 3.05) is 0 Å². The molecule has 14 heavy (non-hydrogen) atoms. The minimum Gasteiger partial charge on any atom is -0.481 e. The van der Waals surface area contributed by atoms with E-state index in [0.29, 0.717) is 12.3 Å². The van der Waals surface area contributed by atoms with Crippen LogP contribution in [0.1, 0.15) is 58.3 Å². The molecule has 1 aliphatic carbocycles. The highest BCUT2D eigenvalue weighted by Gasteiger charge is 2.24. The fourth-order valence-electron chi connectivity index (χ4n) is 2.52. The van der Waals surface area contributed by atoms with Gasteiger partial charge in [-0.3, -0.25) is 4.79 Å². The van der Waals surface area contributed by atoms with Gasteiger partial charge in [-0.15, -0.1) is 0 Å². The van der Waals surface area contributed by atoms with Crippen LogP contribution >= 0.6 is 0 Å². The van der Waals surface area contributed by atoms with Gasteiger partial charge in [-0.25, -0.2) is 0 Å². The summed E-state index contributed by atoms with van der Waals surface area (Å²) in [6.45, 7) is 2.23. The minimum absolute atomic E-state index is 0.366. The van der Waals surface area contributed by atoms with Crippen LogP contribution in [0.25, 0.3) is 0 Å². The van der Waals surface area contributed by atoms with Crippen molar-refractivity contribution in [1.82, 2.24) is 0 Å². The summed E-state index contributed by atoms with van der Waals surface area (Å²) in [7, 11) is 0. The maximum absolute atomic E-state index is 10.4. The Kier molecular flexibility index (Phi) is 4.99. The van der Waals surface area contributed by atoms with Crippen molar-refractivity contribution >= 4 is 5.97 Å². The molecule has 0 saturated heterocycles. The topological polar surface area (TPSA) is 37.3 Å². The normalized spacial score (nSPS) is 26.6. The lowest BCUT2D eigenvalue weighted by Crippen LogP contribution is -2.01. The Bertz CT molecular complexity index is 177. The summed E-state index contributed by atoms with van der Waals surface area (Å²) in [5.74, 6) is 0.962. The Morgan fingerprint density at radius 3 is 2.50 bits per heavy atom. The molecule has 0 aliphatic heterocycles. The van der Waals surface area contributed by atoms with Gasteiger partial charge in [0.1, 0.15) is 0 Å². The fourth-order valence-corrected chi connectivity index (χ4v) is 2.52. The summed E-state index contributed by atoms with van der Waals surface area (Å²) in [6, 6.07) is 0. The highest BCUT2D eigenvalue weighted by atomic mass is 16.4. The lowest BCUT2D eigenvalue weighted by atomic mass is 9.97. The van der Waals surface area contributed by atoms with Crippen LogP contribution in [0.5, 0.6) is 0 Å². The molecule has 0 amide bonds. The van der Waals surface area contributed by atoms with Crippen LogP contribution in [-0.4, -0.2) is 11.1 Å². The van der Waals surface area contributed by atoms with E-state index in [1.807, 2.05) is 0 Å². The number of rotatable bonds is 6. The number of hydrogen-bond acceptors (Lipinski definition) is 1. The van der Waals surface area contributed by atoms with Gasteiger partial charge in [0.25, 0.3) is 0 Å². The van der Waals surface area contributed by atoms with Gasteiger partial charge in [0, 0.05) is 6.42 Å². The minimum atomic E-state index is -0.637. The molecule has 1 aliphatic rings. The number of carbonyl (C=O) groups is 1. The zero-order chi connectivity index (χ0) is 10.4. The largest absolute Gasteiger partial charge is 0.481 e. The van der Waals surface area contributed by atoms with Gasteiger partial charge < -0.3 is 5.11 Å². The molecular formula is C12H22O2. The van der Waals surface area contributed by atoms with Crippen LogP contribution < -0.4 is 0 Å². The molecule has 1 saturated carbocycles. The van der Waals surface area contributed by atoms with Gasteiger partial charge in [-0.2, -0.15) is 0 Å². The number of unbranched alkanes of at least 4 members (excludes halogenated alkanes) is 1. The Labute approximate surface area is 86.7 Å². The van der Waals surface area contributed by atoms with Crippen LogP contribution in [0, 0.1) is 11.8 Å². The molecule has 2 unspecified atom stereocenters. The SMILES string of the molecule is CCCCC1CCC(CCC(=O)O)C1. The van der Waals surface area contributed by atoms with Crippen molar-refractivity contribution < 1.29 is 9.90 Å². The van der Waals surface area contributed by atoms with Crippen molar-refractivity contribution in [2.45, 2.75) is 58.3 Å². The fraction of sp³-hybridized carbons (Fsp3) is 0.917. The number of aliphatic carboxylic acids is 1. The van der Waals surface area contributed by atoms with E-state index in [1.54, 1.807) is 0 Å². The van der Waals surface area contributed by atoms with E-state index in [4.69, 9.17) is 5.11 Å². The summed E-state index contributed by atoms with van der Waals surface area (Å²) < 4.78 is 0. The predicted octanol–water partition coefficient (Wildman–Crippen LogP) is 3.46. The average Bonchev–Trinajstić information content (AvgIpc) is 2.59. The van der Waals surface area contributed by atoms with Crippen molar-refractivity contribution in [1.29, 1.82) is 0 Å². The van der Waals surface area contributed by atoms with E-state index < -0.39 is 5.97 Å². The summed E-state index contributed by atoms with van der Waals surface area (Å²) in [4.78, 5) is 10.4. The zero-order valence-corrected chi connectivity index (χ0v) is 9.17. The first-order valence-corrected chi connectivity index (χ1v) is 5.94. The van der Waals surface area contributed by atoms with Gasteiger partial charge in [0.05, 0.1) is 0 Å². The number of carboxylic acids is 1. The predicted molar refractivity (Wildman–Crippen MR) is 57.2 cm³/mol. The summed E-state index contributed by atoms with van der Waals surface area (Å²) in [5, 5.41) is 8.58. The number of hydrogen-bond donors (Lipinski definition) is 1. The molecule has 2 nitrogen and oxygen atoms in total. The molecule has 0 aromatic carbocycles. The van der Waals surface area contributed by atoms with E-state index in [1.165, 1.54) is 38.5 Å². The van der Waals surface area contributed by atoms with Crippen LogP contribution in [0.3, 0.4) is 0 Å². The van der Waals surface area contributed by atoms with Crippen molar-refractivity contribution in [2.24, 2.45) is 11.8 Å². The van der Waals surface area contributed by atoms with Gasteiger partial charge in [0.2, 0.25) is 0 Å². The molecule has 1 fully saturated rings. The van der Waals surface area contributed by atoms with Crippen molar-refractivity contribution in [3.05, 3.63) is 0 Å². The first-order valence-electron chi connectivity index (χ1n) is 5.94. The summed E-state index contributed by atoms with van der Waals surface area (Å²) in [5.41, 5.74) is 0. The second-order valence-corrected chi connectivity index (χ2v) is 4.62. The van der Waals surface area contributed by atoms with Crippen LogP contribution in [0.4, 0.5) is 0 Å². The van der Waals surface area contributed by atoms with Gasteiger partial charge in [-0.1, -0.05) is 39.0 Å². The Morgan fingerprint density at radius 1 is 1.29 bits per heavy atom. The molecule has 0 bridgehead atoms. The maximum Gasteiger partial charge on any atom is 0.303 e. The highest BCUT2D eigenvalue weighted by molar-refractivity contribution is 5.66. The molecule has 1 rings (SSSR count). The van der Waals surface area contributed by atoms with E-state index >= 15 is 0 Å². The molecule has 2 heteroatoms. The summed E-state index contributed by atoms with van der Waals surface area (Å²) >= 11 is 0. The third-order valence-corrected chi connectivity index (χ3v) is 3.38. The zero-order valence-electron chi connectivity index (χ0n) is 9.17. The van der Waals surface area contributed by atoms with Crippen LogP contribution in [0.15, 0.2) is 0 Å². The molecule has 2 atom stereocenters. The maximum atomic E-state index is 10.4. The van der Waals surface area contributed by atoms with E-state index in [2.05, 4.69) is 6.92 Å². The van der Waals surface area contributed by atoms with Crippen molar-refractivity contribution in [3.8, 4) is 0 Å². The molecule has 0 aromatic heterocycles. The Balaban J connectivity index is 2.10. The average molecular weight is 198 g/mol.